The summed E-state index contributed by atoms with van der Waals surface area (Å²) in [6, 6.07) is 8.78. The number of halogens is 1. The van der Waals surface area contributed by atoms with Gasteiger partial charge in [0.05, 0.1) is 6.04 Å². The van der Waals surface area contributed by atoms with Crippen molar-refractivity contribution in [3.63, 3.8) is 0 Å². The summed E-state index contributed by atoms with van der Waals surface area (Å²) in [5.74, 6) is 2.83. The molecule has 2 nitrogen and oxygen atoms in total. The molecule has 0 aromatic heterocycles. The van der Waals surface area contributed by atoms with E-state index in [1.165, 1.54) is 31.2 Å². The van der Waals surface area contributed by atoms with Crippen LogP contribution in [0.1, 0.15) is 56.6 Å². The van der Waals surface area contributed by atoms with E-state index in [-0.39, 0.29) is 0 Å². The summed E-state index contributed by atoms with van der Waals surface area (Å²) in [6.07, 6.45) is 8.51. The normalized spacial score (nSPS) is 25.0. The van der Waals surface area contributed by atoms with Gasteiger partial charge in [-0.1, -0.05) is 28.1 Å². The monoisotopic (exact) mass is 361 g/mol. The Labute approximate surface area is 141 Å². The zero-order valence-corrected chi connectivity index (χ0v) is 14.6. The number of hydrogen-bond donors (Lipinski definition) is 0. The molecule has 0 radical (unpaired) electrons. The average molecular weight is 362 g/mol. The molecule has 1 heterocycles. The van der Waals surface area contributed by atoms with Gasteiger partial charge in [0.2, 0.25) is 5.91 Å². The second kappa shape index (κ2) is 5.99. The van der Waals surface area contributed by atoms with Crippen LogP contribution in [0.15, 0.2) is 28.7 Å². The van der Waals surface area contributed by atoms with Crippen LogP contribution in [-0.2, 0) is 4.79 Å². The topological polar surface area (TPSA) is 20.3 Å². The Morgan fingerprint density at radius 2 is 1.91 bits per heavy atom. The van der Waals surface area contributed by atoms with Crippen LogP contribution in [0.2, 0.25) is 0 Å². The van der Waals surface area contributed by atoms with E-state index in [0.717, 1.165) is 42.1 Å². The molecule has 0 N–H and O–H groups in total. The highest BCUT2D eigenvalue weighted by atomic mass is 79.9. The summed E-state index contributed by atoms with van der Waals surface area (Å²) in [7, 11) is 0. The number of nitrogens with zero attached hydrogens (tertiary/aromatic N) is 1. The van der Waals surface area contributed by atoms with E-state index in [1.807, 2.05) is 0 Å². The molecule has 22 heavy (non-hydrogen) atoms. The number of amides is 1. The summed E-state index contributed by atoms with van der Waals surface area (Å²) >= 11 is 3.56. The highest BCUT2D eigenvalue weighted by Gasteiger charge is 2.43. The van der Waals surface area contributed by atoms with Gasteiger partial charge < -0.3 is 4.90 Å². The van der Waals surface area contributed by atoms with Crippen LogP contribution in [0, 0.1) is 17.8 Å². The highest BCUT2D eigenvalue weighted by Crippen LogP contribution is 2.51. The van der Waals surface area contributed by atoms with Gasteiger partial charge in [0, 0.05) is 17.4 Å². The predicted octanol–water partition coefficient (Wildman–Crippen LogP) is 4.94. The molecular formula is C19H24BrNO. The van der Waals surface area contributed by atoms with E-state index >= 15 is 0 Å². The summed E-state index contributed by atoms with van der Waals surface area (Å²) in [5.41, 5.74) is 1.29. The van der Waals surface area contributed by atoms with Crippen molar-refractivity contribution >= 4 is 21.8 Å². The zero-order valence-electron chi connectivity index (χ0n) is 13.0. The molecule has 1 saturated heterocycles. The van der Waals surface area contributed by atoms with Crippen LogP contribution in [0.3, 0.4) is 0 Å². The van der Waals surface area contributed by atoms with Gasteiger partial charge in [-0.15, -0.1) is 0 Å². The Bertz CT molecular complexity index is 552. The van der Waals surface area contributed by atoms with Gasteiger partial charge in [0.1, 0.15) is 0 Å². The molecule has 4 rings (SSSR count). The molecule has 1 atom stereocenters. The van der Waals surface area contributed by atoms with Crippen LogP contribution < -0.4 is 0 Å². The molecule has 118 valence electrons. The minimum atomic E-state index is 0.295. The van der Waals surface area contributed by atoms with Crippen molar-refractivity contribution in [3.05, 3.63) is 34.3 Å². The maximum atomic E-state index is 12.9. The molecule has 1 aromatic rings. The van der Waals surface area contributed by atoms with Crippen LogP contribution in [0.5, 0.6) is 0 Å². The fraction of sp³-hybridized carbons (Fsp3) is 0.632. The molecule has 0 bridgehead atoms. The number of carbonyl (C=O) groups excluding carboxylic acids is 1. The smallest absolute Gasteiger partial charge is 0.223 e. The molecular weight excluding hydrogens is 338 g/mol. The highest BCUT2D eigenvalue weighted by molar-refractivity contribution is 9.10. The Morgan fingerprint density at radius 3 is 2.55 bits per heavy atom. The quantitative estimate of drug-likeness (QED) is 0.727. The van der Waals surface area contributed by atoms with Gasteiger partial charge in [-0.05, 0) is 74.0 Å². The van der Waals surface area contributed by atoms with Crippen molar-refractivity contribution in [2.75, 3.05) is 6.54 Å². The summed E-state index contributed by atoms with van der Waals surface area (Å²) in [6.45, 7) is 0.943. The maximum absolute atomic E-state index is 12.9. The molecule has 1 aliphatic heterocycles. The molecule has 3 heteroatoms. The lowest BCUT2D eigenvalue weighted by atomic mass is 9.93. The molecule has 2 saturated carbocycles. The maximum Gasteiger partial charge on any atom is 0.223 e. The third-order valence-electron chi connectivity index (χ3n) is 5.67. The second-order valence-corrected chi connectivity index (χ2v) is 8.26. The van der Waals surface area contributed by atoms with Gasteiger partial charge >= 0.3 is 0 Å². The summed E-state index contributed by atoms with van der Waals surface area (Å²) in [4.78, 5) is 15.1. The van der Waals surface area contributed by atoms with Crippen LogP contribution >= 0.6 is 15.9 Å². The molecule has 3 aliphatic rings. The second-order valence-electron chi connectivity index (χ2n) is 7.34. The number of hydrogen-bond acceptors (Lipinski definition) is 1. The fourth-order valence-electron chi connectivity index (χ4n) is 4.21. The molecule has 1 aromatic carbocycles. The lowest BCUT2D eigenvalue weighted by Crippen LogP contribution is -2.32. The Hall–Kier alpha value is -0.830. The first-order chi connectivity index (χ1) is 10.7. The minimum absolute atomic E-state index is 0.295. The largest absolute Gasteiger partial charge is 0.336 e. The van der Waals surface area contributed by atoms with Crippen molar-refractivity contribution in [3.8, 4) is 0 Å². The lowest BCUT2D eigenvalue weighted by molar-refractivity contribution is -0.133. The van der Waals surface area contributed by atoms with E-state index in [4.69, 9.17) is 0 Å². The van der Waals surface area contributed by atoms with Crippen molar-refractivity contribution < 1.29 is 4.79 Å². The van der Waals surface area contributed by atoms with Gasteiger partial charge in [0.25, 0.3) is 0 Å². The number of likely N-dealkylation sites (tertiary alicyclic amines) is 1. The predicted molar refractivity (Wildman–Crippen MR) is 91.4 cm³/mol. The first kappa shape index (κ1) is 14.7. The fourth-order valence-corrected chi connectivity index (χ4v) is 4.63. The number of carbonyl (C=O) groups is 1. The standard InChI is InChI=1S/C19H24BrNO/c20-16-4-1-3-15(11-16)18-5-2-10-21(18)19(22)12-17(13-6-7-13)14-8-9-14/h1,3-4,11,13-14,17-18H,2,5-10,12H2. The van der Waals surface area contributed by atoms with E-state index in [1.54, 1.807) is 0 Å². The van der Waals surface area contributed by atoms with Gasteiger partial charge in [-0.25, -0.2) is 0 Å². The molecule has 2 aliphatic carbocycles. The molecule has 1 amide bonds. The van der Waals surface area contributed by atoms with Gasteiger partial charge in [-0.3, -0.25) is 4.79 Å². The third kappa shape index (κ3) is 3.10. The van der Waals surface area contributed by atoms with E-state index in [2.05, 4.69) is 45.1 Å². The first-order valence-corrected chi connectivity index (χ1v) is 9.56. The third-order valence-corrected chi connectivity index (χ3v) is 6.17. The molecule has 3 fully saturated rings. The van der Waals surface area contributed by atoms with Crippen molar-refractivity contribution in [1.82, 2.24) is 4.90 Å². The Kier molecular flexibility index (Phi) is 4.02. The summed E-state index contributed by atoms with van der Waals surface area (Å²) < 4.78 is 1.11. The first-order valence-electron chi connectivity index (χ1n) is 8.77. The van der Waals surface area contributed by atoms with E-state index in [0.29, 0.717) is 17.9 Å². The van der Waals surface area contributed by atoms with Crippen molar-refractivity contribution in [2.45, 2.75) is 51.0 Å². The minimum Gasteiger partial charge on any atom is -0.336 e. The van der Waals surface area contributed by atoms with E-state index < -0.39 is 0 Å². The Balaban J connectivity index is 1.46. The average Bonchev–Trinajstić information content (AvgIpc) is 3.43. The summed E-state index contributed by atoms with van der Waals surface area (Å²) in [5, 5.41) is 0. The van der Waals surface area contributed by atoms with Crippen LogP contribution in [-0.4, -0.2) is 17.4 Å². The van der Waals surface area contributed by atoms with Gasteiger partial charge in [0.15, 0.2) is 0 Å². The number of benzene rings is 1. The zero-order chi connectivity index (χ0) is 15.1. The Morgan fingerprint density at radius 1 is 1.18 bits per heavy atom. The van der Waals surface area contributed by atoms with E-state index in [9.17, 15) is 4.79 Å². The van der Waals surface area contributed by atoms with Gasteiger partial charge in [-0.2, -0.15) is 0 Å². The SMILES string of the molecule is O=C(CC(C1CC1)C1CC1)N1CCCC1c1cccc(Br)c1. The van der Waals surface area contributed by atoms with Crippen LogP contribution in [0.25, 0.3) is 0 Å². The lowest BCUT2D eigenvalue weighted by Gasteiger charge is -2.27. The van der Waals surface area contributed by atoms with Crippen molar-refractivity contribution in [1.29, 1.82) is 0 Å². The number of rotatable bonds is 5. The van der Waals surface area contributed by atoms with Crippen molar-refractivity contribution in [2.24, 2.45) is 17.8 Å². The molecule has 0 spiro atoms. The van der Waals surface area contributed by atoms with Crippen LogP contribution in [0.4, 0.5) is 0 Å². The molecule has 1 unspecified atom stereocenters.